The van der Waals surface area contributed by atoms with E-state index in [1.807, 2.05) is 13.8 Å². The number of carbonyl (C=O) groups is 2. The number of hydrogen-bond donors (Lipinski definition) is 2. The van der Waals surface area contributed by atoms with E-state index in [2.05, 4.69) is 10.3 Å². The van der Waals surface area contributed by atoms with Crippen molar-refractivity contribution < 1.29 is 18.4 Å². The van der Waals surface area contributed by atoms with Gasteiger partial charge >= 0.3 is 0 Å². The molecule has 25 heavy (non-hydrogen) atoms. The van der Waals surface area contributed by atoms with E-state index >= 15 is 0 Å². The fourth-order valence-corrected chi connectivity index (χ4v) is 4.24. The van der Waals surface area contributed by atoms with Crippen LogP contribution in [-0.2, 0) is 6.42 Å². The first-order valence-electron chi connectivity index (χ1n) is 8.99. The molecule has 2 aliphatic carbocycles. The largest absolute Gasteiger partial charge is 0.354 e. The van der Waals surface area contributed by atoms with Gasteiger partial charge in [0.05, 0.1) is 0 Å². The van der Waals surface area contributed by atoms with Gasteiger partial charge in [0.1, 0.15) is 5.69 Å². The second-order valence-corrected chi connectivity index (χ2v) is 8.45. The average Bonchev–Trinajstić information content (AvgIpc) is 2.79. The second kappa shape index (κ2) is 6.22. The van der Waals surface area contributed by atoms with Gasteiger partial charge in [-0.2, -0.15) is 0 Å². The van der Waals surface area contributed by atoms with Crippen LogP contribution in [0.25, 0.3) is 0 Å². The molecular formula is C19H26F2N2O2. The number of hydrogen-bond acceptors (Lipinski definition) is 2. The van der Waals surface area contributed by atoms with Gasteiger partial charge in [-0.05, 0) is 43.1 Å². The molecular weight excluding hydrogens is 326 g/mol. The van der Waals surface area contributed by atoms with E-state index in [-0.39, 0.29) is 42.4 Å². The lowest BCUT2D eigenvalue weighted by Crippen LogP contribution is -2.35. The van der Waals surface area contributed by atoms with Crippen molar-refractivity contribution in [1.82, 2.24) is 10.3 Å². The van der Waals surface area contributed by atoms with Crippen LogP contribution in [0.1, 0.15) is 78.1 Å². The van der Waals surface area contributed by atoms with Crippen LogP contribution in [0.5, 0.6) is 0 Å². The molecule has 0 aliphatic heterocycles. The maximum atomic E-state index is 13.5. The van der Waals surface area contributed by atoms with E-state index in [4.69, 9.17) is 0 Å². The maximum Gasteiger partial charge on any atom is 0.268 e. The number of nitrogens with one attached hydrogen (secondary N) is 2. The number of alkyl halides is 2. The van der Waals surface area contributed by atoms with E-state index in [1.165, 1.54) is 0 Å². The Balaban J connectivity index is 1.70. The summed E-state index contributed by atoms with van der Waals surface area (Å²) in [5.41, 5.74) is 2.38. The van der Waals surface area contributed by atoms with Crippen LogP contribution >= 0.6 is 0 Å². The Morgan fingerprint density at radius 1 is 1.32 bits per heavy atom. The minimum Gasteiger partial charge on any atom is -0.354 e. The number of Topliss-reactive ketones (excluding diaryl/α,β-unsaturated/α-hetero) is 1. The van der Waals surface area contributed by atoms with E-state index in [1.54, 1.807) is 6.92 Å². The molecule has 1 saturated carbocycles. The van der Waals surface area contributed by atoms with Gasteiger partial charge in [-0.25, -0.2) is 8.78 Å². The number of aromatic amines is 1. The van der Waals surface area contributed by atoms with Gasteiger partial charge in [-0.3, -0.25) is 9.59 Å². The molecule has 138 valence electrons. The van der Waals surface area contributed by atoms with Crippen LogP contribution in [0.2, 0.25) is 0 Å². The molecule has 0 spiro atoms. The summed E-state index contributed by atoms with van der Waals surface area (Å²) >= 11 is 0. The van der Waals surface area contributed by atoms with Crippen molar-refractivity contribution in [2.24, 2.45) is 11.3 Å². The molecule has 4 nitrogen and oxygen atoms in total. The zero-order valence-corrected chi connectivity index (χ0v) is 15.1. The van der Waals surface area contributed by atoms with Crippen molar-refractivity contribution in [2.75, 3.05) is 6.54 Å². The molecule has 1 atom stereocenters. The number of H-pyrrole nitrogens is 1. The quantitative estimate of drug-likeness (QED) is 0.863. The Labute approximate surface area is 146 Å². The third-order valence-electron chi connectivity index (χ3n) is 5.42. The third kappa shape index (κ3) is 3.77. The highest BCUT2D eigenvalue weighted by molar-refractivity contribution is 6.04. The summed E-state index contributed by atoms with van der Waals surface area (Å²) < 4.78 is 27.0. The summed E-state index contributed by atoms with van der Waals surface area (Å²) in [6.45, 7) is 6.09. The number of amides is 1. The Morgan fingerprint density at radius 2 is 2.04 bits per heavy atom. The predicted octanol–water partition coefficient (Wildman–Crippen LogP) is 4.03. The van der Waals surface area contributed by atoms with Crippen LogP contribution < -0.4 is 5.32 Å². The first-order valence-corrected chi connectivity index (χ1v) is 8.99. The third-order valence-corrected chi connectivity index (χ3v) is 5.42. The van der Waals surface area contributed by atoms with E-state index in [0.29, 0.717) is 36.1 Å². The first kappa shape index (κ1) is 18.1. The van der Waals surface area contributed by atoms with Crippen molar-refractivity contribution in [2.45, 2.75) is 65.2 Å². The molecule has 1 heterocycles. The number of fused-ring (bicyclic) bond motifs is 1. The molecule has 0 aromatic carbocycles. The summed E-state index contributed by atoms with van der Waals surface area (Å²) in [4.78, 5) is 28.0. The molecule has 3 rings (SSSR count). The number of carbonyl (C=O) groups excluding carboxylic acids is 2. The van der Waals surface area contributed by atoms with Crippen LogP contribution in [-0.4, -0.2) is 29.1 Å². The molecule has 1 fully saturated rings. The summed E-state index contributed by atoms with van der Waals surface area (Å²) in [5, 5.41) is 2.78. The van der Waals surface area contributed by atoms with Gasteiger partial charge in [0.15, 0.2) is 5.78 Å². The lowest BCUT2D eigenvalue weighted by Gasteiger charge is -2.28. The predicted molar refractivity (Wildman–Crippen MR) is 91.2 cm³/mol. The monoisotopic (exact) mass is 352 g/mol. The van der Waals surface area contributed by atoms with Crippen molar-refractivity contribution in [3.8, 4) is 0 Å². The van der Waals surface area contributed by atoms with Crippen molar-refractivity contribution >= 4 is 11.7 Å². The van der Waals surface area contributed by atoms with E-state index in [0.717, 1.165) is 12.1 Å². The minimum absolute atomic E-state index is 0.0577. The maximum absolute atomic E-state index is 13.5. The highest BCUT2D eigenvalue weighted by Gasteiger charge is 2.37. The molecule has 1 unspecified atom stereocenters. The molecule has 6 heteroatoms. The summed E-state index contributed by atoms with van der Waals surface area (Å²) in [6, 6.07) is 0. The Hall–Kier alpha value is -1.72. The van der Waals surface area contributed by atoms with Gasteiger partial charge < -0.3 is 10.3 Å². The molecule has 0 radical (unpaired) electrons. The SMILES string of the molecule is Cc1c(C(=O)NCC2CCCC(F)(F)C2)[nH]c2c1C(=O)CC(C)(C)C2. The topological polar surface area (TPSA) is 62.0 Å². The molecule has 2 aliphatic rings. The van der Waals surface area contributed by atoms with Crippen LogP contribution in [0, 0.1) is 18.3 Å². The number of halogens is 2. The van der Waals surface area contributed by atoms with Gasteiger partial charge in [0.2, 0.25) is 5.92 Å². The van der Waals surface area contributed by atoms with Gasteiger partial charge in [-0.15, -0.1) is 0 Å². The van der Waals surface area contributed by atoms with Gasteiger partial charge in [0.25, 0.3) is 5.91 Å². The van der Waals surface area contributed by atoms with Crippen molar-refractivity contribution in [3.63, 3.8) is 0 Å². The Morgan fingerprint density at radius 3 is 2.72 bits per heavy atom. The zero-order valence-electron chi connectivity index (χ0n) is 15.1. The Kier molecular flexibility index (Phi) is 4.50. The molecule has 1 aromatic rings. The zero-order chi connectivity index (χ0) is 18.4. The van der Waals surface area contributed by atoms with Crippen LogP contribution in [0.3, 0.4) is 0 Å². The average molecular weight is 352 g/mol. The molecule has 2 N–H and O–H groups in total. The first-order chi connectivity index (χ1) is 11.6. The summed E-state index contributed by atoms with van der Waals surface area (Å²) in [5.74, 6) is -3.07. The van der Waals surface area contributed by atoms with Crippen molar-refractivity contribution in [1.29, 1.82) is 0 Å². The Bertz CT molecular complexity index is 707. The summed E-state index contributed by atoms with van der Waals surface area (Å²) in [7, 11) is 0. The lowest BCUT2D eigenvalue weighted by molar-refractivity contribution is -0.0518. The lowest BCUT2D eigenvalue weighted by atomic mass is 9.75. The van der Waals surface area contributed by atoms with Crippen molar-refractivity contribution in [3.05, 3.63) is 22.5 Å². The number of aromatic nitrogens is 1. The fraction of sp³-hybridized carbons (Fsp3) is 0.684. The fourth-order valence-electron chi connectivity index (χ4n) is 4.24. The molecule has 1 amide bonds. The highest BCUT2D eigenvalue weighted by atomic mass is 19.3. The van der Waals surface area contributed by atoms with E-state index < -0.39 is 5.92 Å². The highest BCUT2D eigenvalue weighted by Crippen LogP contribution is 2.37. The number of ketones is 1. The smallest absolute Gasteiger partial charge is 0.268 e. The van der Waals surface area contributed by atoms with Crippen LogP contribution in [0.15, 0.2) is 0 Å². The number of rotatable bonds is 3. The summed E-state index contributed by atoms with van der Waals surface area (Å²) in [6.07, 6.45) is 2.17. The molecule has 1 aromatic heterocycles. The second-order valence-electron chi connectivity index (χ2n) is 8.45. The van der Waals surface area contributed by atoms with E-state index in [9.17, 15) is 18.4 Å². The molecule has 0 bridgehead atoms. The minimum atomic E-state index is -2.62. The van der Waals surface area contributed by atoms with Crippen LogP contribution in [0.4, 0.5) is 8.78 Å². The van der Waals surface area contributed by atoms with Gasteiger partial charge in [-0.1, -0.05) is 13.8 Å². The standard InChI is InChI=1S/C19H26F2N2O2/c1-11-15-13(8-18(2,3)9-14(15)24)23-16(11)17(25)22-10-12-5-4-6-19(20,21)7-12/h12,23H,4-10H2,1-3H3,(H,22,25). The normalized spacial score (nSPS) is 24.7. The van der Waals surface area contributed by atoms with Gasteiger partial charge in [0, 0.05) is 37.1 Å². The molecule has 0 saturated heterocycles.